The lowest BCUT2D eigenvalue weighted by atomic mass is 10.3. The first-order valence-corrected chi connectivity index (χ1v) is 3.59. The highest BCUT2D eigenvalue weighted by molar-refractivity contribution is 5.79. The van der Waals surface area contributed by atoms with Crippen molar-refractivity contribution in [3.05, 3.63) is 29.2 Å². The van der Waals surface area contributed by atoms with Gasteiger partial charge in [-0.1, -0.05) is 0 Å². The van der Waals surface area contributed by atoms with Gasteiger partial charge in [0.2, 0.25) is 0 Å². The molecule has 0 aliphatic rings. The van der Waals surface area contributed by atoms with E-state index < -0.39 is 0 Å². The zero-order valence-corrected chi connectivity index (χ0v) is 6.78. The molecule has 12 heavy (non-hydrogen) atoms. The van der Waals surface area contributed by atoms with Gasteiger partial charge in [-0.25, -0.2) is 0 Å². The van der Waals surface area contributed by atoms with Crippen LogP contribution in [0.15, 0.2) is 22.1 Å². The molecule has 0 bridgehead atoms. The molecule has 1 aromatic heterocycles. The normalized spacial score (nSPS) is 11.7. The Balaban J connectivity index is 2.82. The second kappa shape index (κ2) is 3.88. The molecule has 3 heteroatoms. The summed E-state index contributed by atoms with van der Waals surface area (Å²) in [5, 5.41) is 8.66. The molecule has 64 valence electrons. The van der Waals surface area contributed by atoms with Crippen LogP contribution < -0.4 is 0 Å². The fraction of sp³-hybridized carbons (Fsp3) is 0.222. The van der Waals surface area contributed by atoms with Crippen molar-refractivity contribution in [1.29, 1.82) is 0 Å². The molecule has 1 aromatic rings. The van der Waals surface area contributed by atoms with Crippen LogP contribution in [0, 0.1) is 0 Å². The molecule has 0 fully saturated rings. The van der Waals surface area contributed by atoms with Crippen LogP contribution in [0.5, 0.6) is 0 Å². The molecule has 0 amide bonds. The summed E-state index contributed by atoms with van der Waals surface area (Å²) in [4.78, 5) is 10.2. The van der Waals surface area contributed by atoms with Crippen LogP contribution in [0.2, 0.25) is 0 Å². The first-order valence-electron chi connectivity index (χ1n) is 3.59. The predicted octanol–water partition coefficient (Wildman–Crippen LogP) is 1.37. The van der Waals surface area contributed by atoms with Crippen LogP contribution >= 0.6 is 0 Å². The van der Waals surface area contributed by atoms with E-state index in [-0.39, 0.29) is 6.61 Å². The van der Waals surface area contributed by atoms with Gasteiger partial charge in [-0.2, -0.15) is 0 Å². The molecule has 1 heterocycles. The maximum absolute atomic E-state index is 10.2. The van der Waals surface area contributed by atoms with Crippen molar-refractivity contribution in [3.63, 3.8) is 0 Å². The molecule has 3 nitrogen and oxygen atoms in total. The van der Waals surface area contributed by atoms with Crippen molar-refractivity contribution in [3.8, 4) is 0 Å². The molecule has 1 rings (SSSR count). The van der Waals surface area contributed by atoms with E-state index in [1.54, 1.807) is 25.1 Å². The molecule has 0 aromatic carbocycles. The van der Waals surface area contributed by atoms with Gasteiger partial charge >= 0.3 is 0 Å². The monoisotopic (exact) mass is 166 g/mol. The van der Waals surface area contributed by atoms with Crippen LogP contribution in [0.3, 0.4) is 0 Å². The summed E-state index contributed by atoms with van der Waals surface area (Å²) >= 11 is 0. The number of hydrogen-bond acceptors (Lipinski definition) is 3. The first-order chi connectivity index (χ1) is 5.76. The smallest absolute Gasteiger partial charge is 0.145 e. The standard InChI is InChI=1S/C9H10O3/c1-7(5-10)4-8-2-3-9(6-11)12-8/h2-5,11H,6H2,1H3/b7-4-. The quantitative estimate of drug-likeness (QED) is 0.545. The fourth-order valence-corrected chi connectivity index (χ4v) is 0.815. The summed E-state index contributed by atoms with van der Waals surface area (Å²) in [5.74, 6) is 1.09. The van der Waals surface area contributed by atoms with Gasteiger partial charge in [0.05, 0.1) is 0 Å². The number of rotatable bonds is 3. The Hall–Kier alpha value is -1.35. The van der Waals surface area contributed by atoms with Gasteiger partial charge in [-0.15, -0.1) is 0 Å². The first kappa shape index (κ1) is 8.74. The van der Waals surface area contributed by atoms with E-state index >= 15 is 0 Å². The third-order valence-corrected chi connectivity index (χ3v) is 1.39. The third-order valence-electron chi connectivity index (χ3n) is 1.39. The van der Waals surface area contributed by atoms with E-state index in [9.17, 15) is 4.79 Å². The predicted molar refractivity (Wildman–Crippen MR) is 44.3 cm³/mol. The Labute approximate surface area is 70.3 Å². The van der Waals surface area contributed by atoms with Crippen molar-refractivity contribution in [1.82, 2.24) is 0 Å². The topological polar surface area (TPSA) is 50.4 Å². The second-order valence-electron chi connectivity index (χ2n) is 2.47. The molecular weight excluding hydrogens is 156 g/mol. The molecule has 0 atom stereocenters. The van der Waals surface area contributed by atoms with E-state index in [4.69, 9.17) is 9.52 Å². The van der Waals surface area contributed by atoms with E-state index in [0.717, 1.165) is 6.29 Å². The van der Waals surface area contributed by atoms with Crippen LogP contribution in [0.4, 0.5) is 0 Å². The van der Waals surface area contributed by atoms with Gasteiger partial charge < -0.3 is 9.52 Å². The van der Waals surface area contributed by atoms with Crippen molar-refractivity contribution in [2.75, 3.05) is 0 Å². The van der Waals surface area contributed by atoms with Gasteiger partial charge in [0.25, 0.3) is 0 Å². The summed E-state index contributed by atoms with van der Waals surface area (Å²) in [6.45, 7) is 1.57. The second-order valence-corrected chi connectivity index (χ2v) is 2.47. The number of hydrogen-bond donors (Lipinski definition) is 1. The molecule has 1 N–H and O–H groups in total. The Morgan fingerprint density at radius 1 is 1.67 bits per heavy atom. The fourth-order valence-electron chi connectivity index (χ4n) is 0.815. The minimum absolute atomic E-state index is 0.117. The van der Waals surface area contributed by atoms with Crippen molar-refractivity contribution < 1.29 is 14.3 Å². The maximum atomic E-state index is 10.2. The minimum Gasteiger partial charge on any atom is -0.459 e. The Morgan fingerprint density at radius 2 is 2.42 bits per heavy atom. The average Bonchev–Trinajstić information content (AvgIpc) is 2.52. The highest BCUT2D eigenvalue weighted by Crippen LogP contribution is 2.10. The summed E-state index contributed by atoms with van der Waals surface area (Å²) < 4.78 is 5.12. The summed E-state index contributed by atoms with van der Waals surface area (Å²) in [5.41, 5.74) is 0.592. The molecular formula is C9H10O3. The number of furan rings is 1. The van der Waals surface area contributed by atoms with Crippen LogP contribution in [-0.2, 0) is 11.4 Å². The molecule has 0 radical (unpaired) electrons. The molecule has 0 spiro atoms. The number of carbonyl (C=O) groups is 1. The lowest BCUT2D eigenvalue weighted by Crippen LogP contribution is -1.76. The minimum atomic E-state index is -0.117. The van der Waals surface area contributed by atoms with E-state index in [1.807, 2.05) is 0 Å². The zero-order valence-electron chi connectivity index (χ0n) is 6.78. The Kier molecular flexibility index (Phi) is 2.82. The summed E-state index contributed by atoms with van der Waals surface area (Å²) in [7, 11) is 0. The largest absolute Gasteiger partial charge is 0.459 e. The van der Waals surface area contributed by atoms with Crippen molar-refractivity contribution in [2.24, 2.45) is 0 Å². The molecule has 0 saturated heterocycles. The summed E-state index contributed by atoms with van der Waals surface area (Å²) in [6.07, 6.45) is 2.37. The van der Waals surface area contributed by atoms with E-state index in [2.05, 4.69) is 0 Å². The molecule has 0 unspecified atom stereocenters. The zero-order chi connectivity index (χ0) is 8.97. The van der Waals surface area contributed by atoms with Crippen LogP contribution in [-0.4, -0.2) is 11.4 Å². The van der Waals surface area contributed by atoms with E-state index in [1.165, 1.54) is 0 Å². The van der Waals surface area contributed by atoms with Gasteiger partial charge in [-0.05, 0) is 30.7 Å². The lowest BCUT2D eigenvalue weighted by molar-refractivity contribution is -0.104. The van der Waals surface area contributed by atoms with Crippen molar-refractivity contribution in [2.45, 2.75) is 13.5 Å². The van der Waals surface area contributed by atoms with Gasteiger partial charge in [0.15, 0.2) is 0 Å². The number of aliphatic hydroxyl groups excluding tert-OH is 1. The van der Waals surface area contributed by atoms with Gasteiger partial charge in [-0.3, -0.25) is 4.79 Å². The Morgan fingerprint density at radius 3 is 2.92 bits per heavy atom. The number of allylic oxidation sites excluding steroid dienone is 1. The van der Waals surface area contributed by atoms with Gasteiger partial charge in [0.1, 0.15) is 24.4 Å². The average molecular weight is 166 g/mol. The third kappa shape index (κ3) is 2.07. The lowest BCUT2D eigenvalue weighted by Gasteiger charge is -1.87. The molecule has 0 aliphatic heterocycles. The molecule has 0 aliphatic carbocycles. The SMILES string of the molecule is C/C(C=O)=C/c1ccc(CO)o1. The number of aliphatic hydroxyl groups is 1. The maximum Gasteiger partial charge on any atom is 0.145 e. The van der Waals surface area contributed by atoms with E-state index in [0.29, 0.717) is 17.1 Å². The highest BCUT2D eigenvalue weighted by Gasteiger charge is 1.97. The highest BCUT2D eigenvalue weighted by atomic mass is 16.4. The van der Waals surface area contributed by atoms with Crippen molar-refractivity contribution >= 4 is 12.4 Å². The van der Waals surface area contributed by atoms with Crippen LogP contribution in [0.1, 0.15) is 18.4 Å². The van der Waals surface area contributed by atoms with Crippen LogP contribution in [0.25, 0.3) is 6.08 Å². The number of carbonyl (C=O) groups excluding carboxylic acids is 1. The number of aldehydes is 1. The summed E-state index contributed by atoms with van der Waals surface area (Å²) in [6, 6.07) is 3.38. The van der Waals surface area contributed by atoms with Gasteiger partial charge in [0, 0.05) is 0 Å². The molecule has 0 saturated carbocycles. The Bertz CT molecular complexity index is 296.